The molecule has 0 unspecified atom stereocenters. The Labute approximate surface area is 159 Å². The van der Waals surface area contributed by atoms with E-state index in [4.69, 9.17) is 14.8 Å². The van der Waals surface area contributed by atoms with E-state index in [0.29, 0.717) is 22.6 Å². The van der Waals surface area contributed by atoms with Gasteiger partial charge in [0.2, 0.25) is 0 Å². The topological polar surface area (TPSA) is 71.1 Å². The van der Waals surface area contributed by atoms with E-state index in [1.807, 2.05) is 0 Å². The molecule has 0 aliphatic carbocycles. The number of fused-ring (bicyclic) bond motifs is 1. The van der Waals surface area contributed by atoms with Crippen molar-refractivity contribution in [1.82, 2.24) is 0 Å². The van der Waals surface area contributed by atoms with Gasteiger partial charge in [0.15, 0.2) is 0 Å². The second-order valence-electron chi connectivity index (χ2n) is 4.26. The summed E-state index contributed by atoms with van der Waals surface area (Å²) in [5, 5.41) is 1.52. The van der Waals surface area contributed by atoms with Crippen LogP contribution < -0.4 is 5.37 Å². The van der Waals surface area contributed by atoms with Crippen molar-refractivity contribution in [2.24, 2.45) is 0 Å². The third kappa shape index (κ3) is 3.36. The van der Waals surface area contributed by atoms with E-state index >= 15 is 0 Å². The molecule has 0 aromatic heterocycles. The van der Waals surface area contributed by atoms with E-state index in [1.54, 1.807) is 24.3 Å². The van der Waals surface area contributed by atoms with E-state index in [-0.39, 0.29) is 52.4 Å². The Hall–Kier alpha value is -0.916. The summed E-state index contributed by atoms with van der Waals surface area (Å²) in [4.78, 5) is 23.7. The van der Waals surface area contributed by atoms with Crippen LogP contribution in [0.2, 0.25) is 0 Å². The maximum absolute atomic E-state index is 11.8. The van der Waals surface area contributed by atoms with Crippen LogP contribution in [0.25, 0.3) is 10.8 Å². The van der Waals surface area contributed by atoms with Crippen LogP contribution in [0.4, 0.5) is 0 Å². The number of ether oxygens (including phenoxy) is 2. The van der Waals surface area contributed by atoms with E-state index < -0.39 is 11.9 Å². The van der Waals surface area contributed by atoms with Gasteiger partial charge in [-0.2, -0.15) is 0 Å². The number of benzene rings is 2. The Kier molecular flexibility index (Phi) is 6.00. The molecule has 0 atom stereocenters. The third-order valence-electron chi connectivity index (χ3n) is 3.10. The van der Waals surface area contributed by atoms with E-state index in [1.165, 1.54) is 14.2 Å². The van der Waals surface area contributed by atoms with Gasteiger partial charge in [0.1, 0.15) is 0 Å². The van der Waals surface area contributed by atoms with Crippen LogP contribution in [-0.2, 0) is 9.47 Å². The molecule has 0 N–H and O–H groups in total. The first-order chi connectivity index (χ1) is 10.5. The molecule has 2 rings (SSSR count). The number of hydrogen-bond acceptors (Lipinski definition) is 6. The molecule has 0 bridgehead atoms. The molecule has 0 aliphatic heterocycles. The van der Waals surface area contributed by atoms with Gasteiger partial charge in [0.05, 0.1) is 0 Å². The number of esters is 2. The first-order valence-electron chi connectivity index (χ1n) is 6.07. The molecule has 2 aromatic rings. The van der Waals surface area contributed by atoms with Crippen molar-refractivity contribution >= 4 is 75.2 Å². The van der Waals surface area contributed by atoms with Crippen LogP contribution in [0.1, 0.15) is 20.7 Å². The van der Waals surface area contributed by atoms with Crippen molar-refractivity contribution < 1.29 is 24.4 Å². The Bertz CT molecular complexity index is 680. The molecule has 0 fully saturated rings. The molecule has 108 valence electrons. The van der Waals surface area contributed by atoms with E-state index in [9.17, 15) is 9.59 Å². The minimum atomic E-state index is -0.468. The Morgan fingerprint density at radius 2 is 1.14 bits per heavy atom. The number of hydrogen-bond donors (Lipinski definition) is 0. The predicted molar refractivity (Wildman–Crippen MR) is 79.4 cm³/mol. The number of methoxy groups -OCH3 is 2. The first kappa shape index (κ1) is 17.4. The second kappa shape index (κ2) is 7.57. The summed E-state index contributed by atoms with van der Waals surface area (Å²) in [5.41, 5.74) is 0.704. The fourth-order valence-corrected chi connectivity index (χ4v) is 3.56. The summed E-state index contributed by atoms with van der Waals surface area (Å²) in [7, 11) is 2.64. The van der Waals surface area contributed by atoms with Gasteiger partial charge in [-0.05, 0) is 0 Å². The fourth-order valence-electron chi connectivity index (χ4n) is 2.04. The van der Waals surface area contributed by atoms with Crippen molar-refractivity contribution in [2.75, 3.05) is 14.2 Å². The molecule has 0 aliphatic rings. The maximum atomic E-state index is 11.8. The third-order valence-corrected chi connectivity index (χ3v) is 5.08. The van der Waals surface area contributed by atoms with Gasteiger partial charge in [-0.3, -0.25) is 0 Å². The molecule has 0 amide bonds. The standard InChI is InChI=1S/C14H12O6.2Tl/c1-19-13(17)9-3-7-6-12(16)10(14(18)20-2)4-8(7)5-11(9)15;;/h3-6,15-16H,1-2H3;;/q;2*+1/p-2. The molecular formula is C14H10O6Tl2. The zero-order valence-corrected chi connectivity index (χ0v) is 20.9. The second-order valence-corrected chi connectivity index (χ2v) is 6.10. The van der Waals surface area contributed by atoms with E-state index in [2.05, 4.69) is 0 Å². The van der Waals surface area contributed by atoms with Crippen LogP contribution in [0, 0.1) is 0 Å². The van der Waals surface area contributed by atoms with Gasteiger partial charge < -0.3 is 0 Å². The van der Waals surface area contributed by atoms with Crippen LogP contribution in [0.15, 0.2) is 24.3 Å². The molecule has 8 heteroatoms. The summed E-state index contributed by atoms with van der Waals surface area (Å²) in [5.74, 6) is -0.0437. The van der Waals surface area contributed by atoms with Crippen molar-refractivity contribution in [2.45, 2.75) is 0 Å². The average Bonchev–Trinajstić information content (AvgIpc) is 2.57. The Balaban J connectivity index is 2.73. The minimum absolute atomic E-state index is 0.219. The molecule has 0 spiro atoms. The number of rotatable bonds is 4. The molecule has 0 saturated heterocycles. The van der Waals surface area contributed by atoms with Gasteiger partial charge >= 0.3 is 161 Å². The van der Waals surface area contributed by atoms with Crippen molar-refractivity contribution in [3.05, 3.63) is 35.4 Å². The normalized spacial score (nSPS) is 10.0. The van der Waals surface area contributed by atoms with Gasteiger partial charge in [0.25, 0.3) is 0 Å². The van der Waals surface area contributed by atoms with Crippen LogP contribution in [0.3, 0.4) is 0 Å². The van der Waals surface area contributed by atoms with E-state index in [0.717, 1.165) is 10.8 Å². The molecular weight excluding hydrogens is 673 g/mol. The zero-order valence-electron chi connectivity index (χ0n) is 11.9. The number of carbonyl (C=O) groups excluding carboxylic acids is 2. The first-order valence-corrected chi connectivity index (χ1v) is 9.74. The van der Waals surface area contributed by atoms with Gasteiger partial charge in [0, 0.05) is 0 Å². The van der Waals surface area contributed by atoms with Crippen molar-refractivity contribution in [1.29, 1.82) is 0 Å². The Morgan fingerprint density at radius 3 is 1.41 bits per heavy atom. The van der Waals surface area contributed by atoms with Crippen molar-refractivity contribution in [3.63, 3.8) is 0 Å². The molecule has 0 radical (unpaired) electrons. The molecule has 22 heavy (non-hydrogen) atoms. The monoisotopic (exact) mass is 684 g/mol. The SMILES string of the molecule is COC(=O)c1cc2cc([O][Tl])c(C(=O)OC)cc2cc1[O][Tl]. The summed E-state index contributed by atoms with van der Waals surface area (Å²) in [6.07, 6.45) is 0. The average molecular weight is 683 g/mol. The summed E-state index contributed by atoms with van der Waals surface area (Å²) in [6, 6.07) is 6.78. The van der Waals surface area contributed by atoms with Crippen LogP contribution >= 0.6 is 0 Å². The van der Waals surface area contributed by atoms with Crippen molar-refractivity contribution in [3.8, 4) is 11.5 Å². The molecule has 0 saturated carbocycles. The summed E-state index contributed by atoms with van der Waals surface area (Å²) >= 11 is 0.438. The van der Waals surface area contributed by atoms with Crippen LogP contribution in [-0.4, -0.2) is 78.6 Å². The summed E-state index contributed by atoms with van der Waals surface area (Å²) < 4.78 is 20.3. The van der Waals surface area contributed by atoms with Crippen LogP contribution in [0.5, 0.6) is 11.5 Å². The van der Waals surface area contributed by atoms with Gasteiger partial charge in [-0.25, -0.2) is 0 Å². The quantitative estimate of drug-likeness (QED) is 0.359. The molecule has 0 heterocycles. The summed E-state index contributed by atoms with van der Waals surface area (Å²) in [6.45, 7) is 0. The molecule has 2 aromatic carbocycles. The zero-order chi connectivity index (χ0) is 16.3. The fraction of sp³-hybridized carbons (Fsp3) is 0.143. The predicted octanol–water partition coefficient (Wildman–Crippen LogP) is 1.34. The van der Waals surface area contributed by atoms with Gasteiger partial charge in [-0.15, -0.1) is 0 Å². The van der Waals surface area contributed by atoms with Gasteiger partial charge in [-0.1, -0.05) is 0 Å². The molecule has 6 nitrogen and oxygen atoms in total. The number of carbonyl (C=O) groups is 2. The Morgan fingerprint density at radius 1 is 0.773 bits per heavy atom.